The quantitative estimate of drug-likeness (QED) is 0.890. The standard InChI is InChI=1S/C19H21F3N2O2/c1-13-7-10-26-17(13)18(25)23-16-5-8-24(9-6-16)12-14-3-2-4-15(11-14)19(20,21)22/h2-4,7,10-11,16H,5-6,8-9,12H2,1H3,(H,23,25). The average molecular weight is 366 g/mol. The third-order valence-corrected chi connectivity index (χ3v) is 4.65. The van der Waals surface area contributed by atoms with E-state index in [1.807, 2.05) is 6.92 Å². The molecule has 1 N–H and O–H groups in total. The van der Waals surface area contributed by atoms with Gasteiger partial charge < -0.3 is 9.73 Å². The van der Waals surface area contributed by atoms with E-state index < -0.39 is 11.7 Å². The van der Waals surface area contributed by atoms with Crippen molar-refractivity contribution in [1.82, 2.24) is 10.2 Å². The van der Waals surface area contributed by atoms with Gasteiger partial charge in [0, 0.05) is 31.2 Å². The van der Waals surface area contributed by atoms with Crippen LogP contribution in [0.4, 0.5) is 13.2 Å². The lowest BCUT2D eigenvalue weighted by Crippen LogP contribution is -2.44. The summed E-state index contributed by atoms with van der Waals surface area (Å²) in [6.45, 7) is 3.73. The minimum absolute atomic E-state index is 0.0461. The third-order valence-electron chi connectivity index (χ3n) is 4.65. The van der Waals surface area contributed by atoms with Crippen LogP contribution >= 0.6 is 0 Å². The molecule has 1 aromatic heterocycles. The maximum absolute atomic E-state index is 12.8. The number of nitrogens with zero attached hydrogens (tertiary/aromatic N) is 1. The zero-order valence-electron chi connectivity index (χ0n) is 14.5. The van der Waals surface area contributed by atoms with Gasteiger partial charge in [0.25, 0.3) is 5.91 Å². The summed E-state index contributed by atoms with van der Waals surface area (Å²) in [6.07, 6.45) is -1.33. The molecule has 1 aliphatic rings. The van der Waals surface area contributed by atoms with Crippen LogP contribution in [0, 0.1) is 6.92 Å². The smallest absolute Gasteiger partial charge is 0.416 e. The molecular formula is C19H21F3N2O2. The Morgan fingerprint density at radius 2 is 2.00 bits per heavy atom. The lowest BCUT2D eigenvalue weighted by atomic mass is 10.0. The molecule has 0 bridgehead atoms. The number of carbonyl (C=O) groups is 1. The van der Waals surface area contributed by atoms with E-state index in [1.54, 1.807) is 12.1 Å². The van der Waals surface area contributed by atoms with Gasteiger partial charge in [-0.05, 0) is 37.5 Å². The van der Waals surface area contributed by atoms with Crippen molar-refractivity contribution in [2.24, 2.45) is 0 Å². The Balaban J connectivity index is 1.51. The zero-order valence-corrected chi connectivity index (χ0v) is 14.5. The summed E-state index contributed by atoms with van der Waals surface area (Å²) in [4.78, 5) is 14.3. The molecule has 140 valence electrons. The van der Waals surface area contributed by atoms with Crippen LogP contribution in [-0.4, -0.2) is 29.9 Å². The number of nitrogens with one attached hydrogen (secondary N) is 1. The number of likely N-dealkylation sites (tertiary alicyclic amines) is 1. The van der Waals surface area contributed by atoms with Crippen molar-refractivity contribution in [3.05, 3.63) is 59.0 Å². The van der Waals surface area contributed by atoms with Gasteiger partial charge >= 0.3 is 6.18 Å². The Morgan fingerprint density at radius 3 is 2.62 bits per heavy atom. The number of piperidine rings is 1. The average Bonchev–Trinajstić information content (AvgIpc) is 3.02. The summed E-state index contributed by atoms with van der Waals surface area (Å²) in [5, 5.41) is 2.97. The highest BCUT2D eigenvalue weighted by Gasteiger charge is 2.30. The van der Waals surface area contributed by atoms with Gasteiger partial charge in [0.05, 0.1) is 11.8 Å². The Labute approximate surface area is 150 Å². The Bertz CT molecular complexity index is 762. The van der Waals surface area contributed by atoms with E-state index in [0.717, 1.165) is 37.6 Å². The fraction of sp³-hybridized carbons (Fsp3) is 0.421. The fourth-order valence-corrected chi connectivity index (χ4v) is 3.20. The molecule has 4 nitrogen and oxygen atoms in total. The number of hydrogen-bond donors (Lipinski definition) is 1. The number of amides is 1. The van der Waals surface area contributed by atoms with Crippen LogP contribution in [0.1, 0.15) is 40.1 Å². The van der Waals surface area contributed by atoms with Crippen LogP contribution in [0.15, 0.2) is 41.0 Å². The number of rotatable bonds is 4. The first-order chi connectivity index (χ1) is 12.3. The molecule has 0 radical (unpaired) electrons. The van der Waals surface area contributed by atoms with Gasteiger partial charge in [-0.2, -0.15) is 13.2 Å². The van der Waals surface area contributed by atoms with Crippen LogP contribution in [-0.2, 0) is 12.7 Å². The normalized spacial score (nSPS) is 16.6. The molecule has 2 heterocycles. The molecular weight excluding hydrogens is 345 g/mol. The zero-order chi connectivity index (χ0) is 18.7. The number of furan rings is 1. The van der Waals surface area contributed by atoms with E-state index in [2.05, 4.69) is 10.2 Å². The predicted molar refractivity (Wildman–Crippen MR) is 90.7 cm³/mol. The van der Waals surface area contributed by atoms with Gasteiger partial charge in [-0.25, -0.2) is 0 Å². The van der Waals surface area contributed by atoms with Crippen molar-refractivity contribution in [3.63, 3.8) is 0 Å². The highest BCUT2D eigenvalue weighted by atomic mass is 19.4. The second-order valence-corrected chi connectivity index (χ2v) is 6.65. The van der Waals surface area contributed by atoms with Crippen molar-refractivity contribution in [2.75, 3.05) is 13.1 Å². The first-order valence-corrected chi connectivity index (χ1v) is 8.56. The minimum atomic E-state index is -4.32. The number of halogens is 3. The summed E-state index contributed by atoms with van der Waals surface area (Å²) in [7, 11) is 0. The monoisotopic (exact) mass is 366 g/mol. The summed E-state index contributed by atoms with van der Waals surface area (Å²) >= 11 is 0. The molecule has 0 atom stereocenters. The van der Waals surface area contributed by atoms with Crippen LogP contribution in [0.5, 0.6) is 0 Å². The van der Waals surface area contributed by atoms with Gasteiger partial charge in [0.2, 0.25) is 0 Å². The number of carbonyl (C=O) groups excluding carboxylic acids is 1. The van der Waals surface area contributed by atoms with E-state index in [0.29, 0.717) is 17.9 Å². The van der Waals surface area contributed by atoms with Crippen molar-refractivity contribution >= 4 is 5.91 Å². The lowest BCUT2D eigenvalue weighted by molar-refractivity contribution is -0.137. The van der Waals surface area contributed by atoms with E-state index in [-0.39, 0.29) is 11.9 Å². The molecule has 1 fully saturated rings. The molecule has 0 unspecified atom stereocenters. The Kier molecular flexibility index (Phi) is 5.36. The van der Waals surface area contributed by atoms with Gasteiger partial charge in [0.15, 0.2) is 5.76 Å². The molecule has 1 aromatic carbocycles. The van der Waals surface area contributed by atoms with E-state index in [9.17, 15) is 18.0 Å². The first-order valence-electron chi connectivity index (χ1n) is 8.56. The Morgan fingerprint density at radius 1 is 1.27 bits per heavy atom. The van der Waals surface area contributed by atoms with Crippen molar-refractivity contribution in [1.29, 1.82) is 0 Å². The fourth-order valence-electron chi connectivity index (χ4n) is 3.20. The van der Waals surface area contributed by atoms with Gasteiger partial charge in [-0.1, -0.05) is 18.2 Å². The van der Waals surface area contributed by atoms with Crippen molar-refractivity contribution < 1.29 is 22.4 Å². The minimum Gasteiger partial charge on any atom is -0.459 e. The molecule has 3 rings (SSSR count). The van der Waals surface area contributed by atoms with Crippen molar-refractivity contribution in [3.8, 4) is 0 Å². The largest absolute Gasteiger partial charge is 0.459 e. The maximum atomic E-state index is 12.8. The maximum Gasteiger partial charge on any atom is 0.416 e. The molecule has 1 amide bonds. The summed E-state index contributed by atoms with van der Waals surface area (Å²) in [5.74, 6) is 0.111. The summed E-state index contributed by atoms with van der Waals surface area (Å²) in [5.41, 5.74) is 0.823. The van der Waals surface area contributed by atoms with Gasteiger partial charge in [-0.3, -0.25) is 9.69 Å². The van der Waals surface area contributed by atoms with Crippen LogP contribution in [0.2, 0.25) is 0 Å². The molecule has 0 aliphatic carbocycles. The van der Waals surface area contributed by atoms with Crippen LogP contribution in [0.25, 0.3) is 0 Å². The van der Waals surface area contributed by atoms with Crippen LogP contribution < -0.4 is 5.32 Å². The molecule has 26 heavy (non-hydrogen) atoms. The van der Waals surface area contributed by atoms with E-state index in [4.69, 9.17) is 4.42 Å². The molecule has 7 heteroatoms. The van der Waals surface area contributed by atoms with Gasteiger partial charge in [0.1, 0.15) is 0 Å². The van der Waals surface area contributed by atoms with E-state index in [1.165, 1.54) is 18.4 Å². The van der Waals surface area contributed by atoms with Crippen molar-refractivity contribution in [2.45, 2.75) is 38.5 Å². The number of hydrogen-bond acceptors (Lipinski definition) is 3. The van der Waals surface area contributed by atoms with Gasteiger partial charge in [-0.15, -0.1) is 0 Å². The Hall–Kier alpha value is -2.28. The van der Waals surface area contributed by atoms with Crippen LogP contribution in [0.3, 0.4) is 0 Å². The van der Waals surface area contributed by atoms with E-state index >= 15 is 0 Å². The number of aryl methyl sites for hydroxylation is 1. The predicted octanol–water partition coefficient (Wildman–Crippen LogP) is 4.00. The number of alkyl halides is 3. The molecule has 0 spiro atoms. The first kappa shape index (κ1) is 18.5. The summed E-state index contributed by atoms with van der Waals surface area (Å²) in [6, 6.07) is 7.23. The molecule has 2 aromatic rings. The molecule has 1 saturated heterocycles. The number of benzene rings is 1. The highest BCUT2D eigenvalue weighted by molar-refractivity contribution is 5.92. The molecule has 0 saturated carbocycles. The second kappa shape index (κ2) is 7.53. The second-order valence-electron chi connectivity index (χ2n) is 6.65. The highest BCUT2D eigenvalue weighted by Crippen LogP contribution is 2.30. The lowest BCUT2D eigenvalue weighted by Gasteiger charge is -2.32. The summed E-state index contributed by atoms with van der Waals surface area (Å²) < 4.78 is 43.6. The topological polar surface area (TPSA) is 45.5 Å². The SMILES string of the molecule is Cc1ccoc1C(=O)NC1CCN(Cc2cccc(C(F)(F)F)c2)CC1. The third kappa shape index (κ3) is 4.46. The molecule has 1 aliphatic heterocycles.